The van der Waals surface area contributed by atoms with Crippen molar-refractivity contribution >= 4 is 44.0 Å². The van der Waals surface area contributed by atoms with E-state index in [4.69, 9.17) is 4.74 Å². The molecule has 8 nitrogen and oxygen atoms in total. The second-order valence-electron chi connectivity index (χ2n) is 7.55. The van der Waals surface area contributed by atoms with Crippen molar-refractivity contribution in [1.82, 2.24) is 4.90 Å². The maximum absolute atomic E-state index is 12.6. The number of carbonyl (C=O) groups is 3. The molecule has 0 radical (unpaired) electrons. The van der Waals surface area contributed by atoms with Crippen molar-refractivity contribution in [3.05, 3.63) is 45.8 Å². The van der Waals surface area contributed by atoms with Crippen LogP contribution in [0.4, 0.5) is 5.00 Å². The van der Waals surface area contributed by atoms with Crippen LogP contribution < -0.4 is 5.32 Å². The lowest BCUT2D eigenvalue weighted by Crippen LogP contribution is -2.34. The Bertz CT molecular complexity index is 1140. The van der Waals surface area contributed by atoms with Gasteiger partial charge in [0.05, 0.1) is 29.4 Å². The maximum atomic E-state index is 12.6. The highest BCUT2D eigenvalue weighted by Gasteiger charge is 2.30. The number of anilines is 1. The standard InChI is InChI=1S/C22H26N2O6S2/c1-4-30-22(27)20-17-9-11-24(15(3)25)13-18(17)31-21(20)23-19(26)10-12-32(28,29)16-7-5-14(2)6-8-16/h5-8H,4,9-13H2,1-3H3,(H,23,26). The van der Waals surface area contributed by atoms with Gasteiger partial charge in [0.2, 0.25) is 11.8 Å². The number of thiophene rings is 1. The first kappa shape index (κ1) is 23.9. The van der Waals surface area contributed by atoms with Gasteiger partial charge in [-0.25, -0.2) is 13.2 Å². The van der Waals surface area contributed by atoms with Crippen LogP contribution in [-0.4, -0.2) is 50.0 Å². The Morgan fingerprint density at radius 1 is 1.19 bits per heavy atom. The summed E-state index contributed by atoms with van der Waals surface area (Å²) >= 11 is 1.22. The average Bonchev–Trinajstić information content (AvgIpc) is 3.09. The Hall–Kier alpha value is -2.72. The SMILES string of the molecule is CCOC(=O)c1c(NC(=O)CCS(=O)(=O)c2ccc(C)cc2)sc2c1CCN(C(C)=O)C2. The average molecular weight is 479 g/mol. The molecule has 0 aliphatic carbocycles. The van der Waals surface area contributed by atoms with E-state index in [2.05, 4.69) is 5.32 Å². The lowest BCUT2D eigenvalue weighted by molar-refractivity contribution is -0.129. The van der Waals surface area contributed by atoms with Gasteiger partial charge in [-0.3, -0.25) is 9.59 Å². The number of amides is 2. The molecule has 0 atom stereocenters. The number of esters is 1. The van der Waals surface area contributed by atoms with Crippen LogP contribution in [0.2, 0.25) is 0 Å². The van der Waals surface area contributed by atoms with Crippen LogP contribution in [0.25, 0.3) is 0 Å². The van der Waals surface area contributed by atoms with Crippen LogP contribution in [0.1, 0.15) is 46.6 Å². The number of aryl methyl sites for hydroxylation is 1. The van der Waals surface area contributed by atoms with Crippen molar-refractivity contribution in [2.75, 3.05) is 24.2 Å². The summed E-state index contributed by atoms with van der Waals surface area (Å²) in [6, 6.07) is 6.46. The Kier molecular flexibility index (Phi) is 7.35. The molecule has 1 N–H and O–H groups in total. The van der Waals surface area contributed by atoms with Crippen molar-refractivity contribution in [2.24, 2.45) is 0 Å². The summed E-state index contributed by atoms with van der Waals surface area (Å²) in [5, 5.41) is 3.03. The summed E-state index contributed by atoms with van der Waals surface area (Å²) in [5.41, 5.74) is 2.01. The number of carbonyl (C=O) groups excluding carboxylic acids is 3. The van der Waals surface area contributed by atoms with Crippen LogP contribution in [-0.2, 0) is 37.1 Å². The highest BCUT2D eigenvalue weighted by Crippen LogP contribution is 2.37. The summed E-state index contributed by atoms with van der Waals surface area (Å²) in [5.74, 6) is -1.45. The predicted molar refractivity (Wildman–Crippen MR) is 122 cm³/mol. The normalized spacial score (nSPS) is 13.4. The van der Waals surface area contributed by atoms with E-state index in [0.29, 0.717) is 30.1 Å². The molecule has 1 aliphatic rings. The molecule has 2 aromatic rings. The van der Waals surface area contributed by atoms with E-state index in [-0.39, 0.29) is 29.6 Å². The first-order valence-electron chi connectivity index (χ1n) is 10.3. The Morgan fingerprint density at radius 2 is 1.88 bits per heavy atom. The van der Waals surface area contributed by atoms with Gasteiger partial charge in [-0.05, 0) is 38.0 Å². The third-order valence-corrected chi connectivity index (χ3v) is 8.08. The number of sulfone groups is 1. The van der Waals surface area contributed by atoms with Crippen molar-refractivity contribution in [2.45, 2.75) is 45.1 Å². The highest BCUT2D eigenvalue weighted by molar-refractivity contribution is 7.91. The summed E-state index contributed by atoms with van der Waals surface area (Å²) < 4.78 is 30.2. The Balaban J connectivity index is 1.77. The molecule has 0 saturated carbocycles. The summed E-state index contributed by atoms with van der Waals surface area (Å²) in [6.07, 6.45) is 0.234. The third kappa shape index (κ3) is 5.36. The highest BCUT2D eigenvalue weighted by atomic mass is 32.2. The molecular formula is C22H26N2O6S2. The number of nitrogens with zero attached hydrogens (tertiary/aromatic N) is 1. The van der Waals surface area contributed by atoms with Crippen molar-refractivity contribution in [3.63, 3.8) is 0 Å². The second-order valence-corrected chi connectivity index (χ2v) is 10.8. The fraction of sp³-hybridized carbons (Fsp3) is 0.409. The molecular weight excluding hydrogens is 452 g/mol. The number of nitrogens with one attached hydrogen (secondary N) is 1. The zero-order chi connectivity index (χ0) is 23.5. The van der Waals surface area contributed by atoms with Gasteiger partial charge in [-0.1, -0.05) is 17.7 Å². The number of benzene rings is 1. The topological polar surface area (TPSA) is 110 Å². The van der Waals surface area contributed by atoms with Gasteiger partial charge in [0.1, 0.15) is 5.00 Å². The lowest BCUT2D eigenvalue weighted by Gasteiger charge is -2.25. The first-order chi connectivity index (χ1) is 15.1. The molecule has 0 unspecified atom stereocenters. The third-order valence-electron chi connectivity index (χ3n) is 5.21. The van der Waals surface area contributed by atoms with Crippen molar-refractivity contribution < 1.29 is 27.5 Å². The molecule has 0 fully saturated rings. The monoisotopic (exact) mass is 478 g/mol. The van der Waals surface area contributed by atoms with E-state index in [1.165, 1.54) is 30.4 Å². The van der Waals surface area contributed by atoms with Crippen LogP contribution in [0, 0.1) is 6.92 Å². The fourth-order valence-corrected chi connectivity index (χ4v) is 5.97. The molecule has 3 rings (SSSR count). The summed E-state index contributed by atoms with van der Waals surface area (Å²) in [6.45, 7) is 6.07. The Labute approximate surface area is 191 Å². The van der Waals surface area contributed by atoms with Crippen molar-refractivity contribution in [1.29, 1.82) is 0 Å². The largest absolute Gasteiger partial charge is 0.462 e. The molecule has 1 aromatic carbocycles. The van der Waals surface area contributed by atoms with E-state index in [0.717, 1.165) is 16.0 Å². The minimum absolute atomic E-state index is 0.0615. The maximum Gasteiger partial charge on any atom is 0.341 e. The van der Waals surface area contributed by atoms with E-state index in [9.17, 15) is 22.8 Å². The molecule has 10 heteroatoms. The van der Waals surface area contributed by atoms with Crippen LogP contribution in [0.5, 0.6) is 0 Å². The zero-order valence-electron chi connectivity index (χ0n) is 18.3. The minimum atomic E-state index is -3.61. The molecule has 2 heterocycles. The molecule has 1 aromatic heterocycles. The Morgan fingerprint density at radius 3 is 2.50 bits per heavy atom. The quantitative estimate of drug-likeness (QED) is 0.613. The van der Waals surface area contributed by atoms with E-state index < -0.39 is 21.7 Å². The molecule has 0 bridgehead atoms. The summed E-state index contributed by atoms with van der Waals surface area (Å²) in [7, 11) is -3.61. The second kappa shape index (κ2) is 9.83. The molecule has 0 saturated heterocycles. The van der Waals surface area contributed by atoms with Crippen LogP contribution in [0.15, 0.2) is 29.2 Å². The lowest BCUT2D eigenvalue weighted by atomic mass is 10.0. The van der Waals surface area contributed by atoms with Gasteiger partial charge in [0.25, 0.3) is 0 Å². The molecule has 0 spiro atoms. The van der Waals surface area contributed by atoms with Crippen LogP contribution >= 0.6 is 11.3 Å². The number of fused-ring (bicyclic) bond motifs is 1. The number of ether oxygens (including phenoxy) is 1. The fourth-order valence-electron chi connectivity index (χ4n) is 3.46. The van der Waals surface area contributed by atoms with Gasteiger partial charge in [0, 0.05) is 24.8 Å². The van der Waals surface area contributed by atoms with Gasteiger partial charge in [-0.15, -0.1) is 11.3 Å². The molecule has 1 aliphatic heterocycles. The molecule has 172 valence electrons. The van der Waals surface area contributed by atoms with E-state index in [1.807, 2.05) is 6.92 Å². The number of rotatable bonds is 7. The van der Waals surface area contributed by atoms with E-state index >= 15 is 0 Å². The van der Waals surface area contributed by atoms with Crippen molar-refractivity contribution in [3.8, 4) is 0 Å². The first-order valence-corrected chi connectivity index (χ1v) is 12.8. The smallest absolute Gasteiger partial charge is 0.341 e. The van der Waals surface area contributed by atoms with Gasteiger partial charge < -0.3 is 15.0 Å². The van der Waals surface area contributed by atoms with Gasteiger partial charge >= 0.3 is 5.97 Å². The van der Waals surface area contributed by atoms with E-state index in [1.54, 1.807) is 24.0 Å². The summed E-state index contributed by atoms with van der Waals surface area (Å²) in [4.78, 5) is 39.6. The number of hydrogen-bond donors (Lipinski definition) is 1. The molecule has 2 amide bonds. The van der Waals surface area contributed by atoms with Gasteiger partial charge in [0.15, 0.2) is 9.84 Å². The van der Waals surface area contributed by atoms with Gasteiger partial charge in [-0.2, -0.15) is 0 Å². The zero-order valence-corrected chi connectivity index (χ0v) is 19.9. The minimum Gasteiger partial charge on any atom is -0.462 e. The predicted octanol–water partition coefficient (Wildman–Crippen LogP) is 2.94. The molecule has 32 heavy (non-hydrogen) atoms. The number of hydrogen-bond acceptors (Lipinski definition) is 7. The van der Waals surface area contributed by atoms with Crippen LogP contribution in [0.3, 0.4) is 0 Å².